The Hall–Kier alpha value is -1.92. The average molecular weight is 266 g/mol. The van der Waals surface area contributed by atoms with Crippen LogP contribution < -0.4 is 5.32 Å². The van der Waals surface area contributed by atoms with Crippen LogP contribution in [0, 0.1) is 0 Å². The van der Waals surface area contributed by atoms with Crippen LogP contribution in [0.4, 0.5) is 0 Å². The van der Waals surface area contributed by atoms with Crippen LogP contribution in [0.3, 0.4) is 0 Å². The number of amides is 1. The van der Waals surface area contributed by atoms with Gasteiger partial charge in [0, 0.05) is 5.92 Å². The van der Waals surface area contributed by atoms with E-state index in [1.54, 1.807) is 0 Å². The Kier molecular flexibility index (Phi) is 4.13. The van der Waals surface area contributed by atoms with Crippen LogP contribution in [-0.2, 0) is 4.79 Å². The Morgan fingerprint density at radius 2 is 2.26 bits per heavy atom. The molecule has 104 valence electrons. The lowest BCUT2D eigenvalue weighted by Gasteiger charge is -2.12. The molecular formula is C12H18N4O3. The van der Waals surface area contributed by atoms with Gasteiger partial charge in [-0.1, -0.05) is 19.8 Å². The van der Waals surface area contributed by atoms with E-state index >= 15 is 0 Å². The number of aliphatic carboxylic acids is 1. The number of carboxylic acids is 1. The monoisotopic (exact) mass is 266 g/mol. The molecule has 0 saturated heterocycles. The van der Waals surface area contributed by atoms with Crippen molar-refractivity contribution in [3.05, 3.63) is 11.6 Å². The van der Waals surface area contributed by atoms with Gasteiger partial charge in [0.15, 0.2) is 0 Å². The van der Waals surface area contributed by atoms with Crippen LogP contribution in [0.15, 0.2) is 0 Å². The van der Waals surface area contributed by atoms with Crippen LogP contribution in [0.1, 0.15) is 61.4 Å². The first-order chi connectivity index (χ1) is 9.11. The molecule has 1 saturated carbocycles. The Morgan fingerprint density at radius 1 is 1.53 bits per heavy atom. The summed E-state index contributed by atoms with van der Waals surface area (Å²) in [5, 5.41) is 18.0. The van der Waals surface area contributed by atoms with Gasteiger partial charge in [-0.2, -0.15) is 0 Å². The lowest BCUT2D eigenvalue weighted by Crippen LogP contribution is -2.41. The summed E-state index contributed by atoms with van der Waals surface area (Å²) in [5.41, 5.74) is 0. The molecule has 1 aliphatic rings. The molecule has 0 spiro atoms. The van der Waals surface area contributed by atoms with E-state index in [1.807, 2.05) is 6.92 Å². The highest BCUT2D eigenvalue weighted by atomic mass is 16.4. The lowest BCUT2D eigenvalue weighted by molar-refractivity contribution is -0.139. The molecule has 1 amide bonds. The van der Waals surface area contributed by atoms with Gasteiger partial charge in [-0.15, -0.1) is 5.10 Å². The molecule has 0 aliphatic heterocycles. The number of H-pyrrole nitrogens is 1. The van der Waals surface area contributed by atoms with E-state index < -0.39 is 17.9 Å². The average Bonchev–Trinajstić information content (AvgIpc) is 3.11. The van der Waals surface area contributed by atoms with Crippen molar-refractivity contribution in [3.63, 3.8) is 0 Å². The molecular weight excluding hydrogens is 248 g/mol. The third-order valence-electron chi connectivity index (χ3n) is 3.12. The Labute approximate surface area is 110 Å². The van der Waals surface area contributed by atoms with Gasteiger partial charge in [0.05, 0.1) is 0 Å². The highest BCUT2D eigenvalue weighted by Gasteiger charge is 2.29. The van der Waals surface area contributed by atoms with Crippen LogP contribution in [0.25, 0.3) is 0 Å². The molecule has 7 nitrogen and oxygen atoms in total. The van der Waals surface area contributed by atoms with E-state index in [0.717, 1.165) is 25.7 Å². The minimum Gasteiger partial charge on any atom is -0.480 e. The third kappa shape index (κ3) is 3.52. The molecule has 19 heavy (non-hydrogen) atoms. The predicted molar refractivity (Wildman–Crippen MR) is 66.8 cm³/mol. The fraction of sp³-hybridized carbons (Fsp3) is 0.667. The van der Waals surface area contributed by atoms with E-state index in [2.05, 4.69) is 20.5 Å². The second-order valence-corrected chi connectivity index (χ2v) is 4.83. The standard InChI is InChI=1S/C12H18N4O3/c1-2-3-4-8(12(18)19)13-11(17)10-14-9(15-16-10)7-5-6-7/h7-8H,2-6H2,1H3,(H,13,17)(H,18,19)(H,14,15,16). The van der Waals surface area contributed by atoms with Gasteiger partial charge in [-0.25, -0.2) is 9.78 Å². The first-order valence-electron chi connectivity index (χ1n) is 6.57. The molecule has 1 aromatic heterocycles. The van der Waals surface area contributed by atoms with Crippen molar-refractivity contribution in [1.29, 1.82) is 0 Å². The predicted octanol–water partition coefficient (Wildman–Crippen LogP) is 1.06. The highest BCUT2D eigenvalue weighted by Crippen LogP contribution is 2.37. The van der Waals surface area contributed by atoms with E-state index in [0.29, 0.717) is 18.2 Å². The first-order valence-corrected chi connectivity index (χ1v) is 6.57. The van der Waals surface area contributed by atoms with E-state index in [1.165, 1.54) is 0 Å². The number of aromatic nitrogens is 3. The lowest BCUT2D eigenvalue weighted by atomic mass is 10.1. The third-order valence-corrected chi connectivity index (χ3v) is 3.12. The minimum atomic E-state index is -1.03. The minimum absolute atomic E-state index is 0.0182. The van der Waals surface area contributed by atoms with Gasteiger partial charge in [0.2, 0.25) is 5.82 Å². The van der Waals surface area contributed by atoms with Crippen LogP contribution >= 0.6 is 0 Å². The zero-order chi connectivity index (χ0) is 13.8. The summed E-state index contributed by atoms with van der Waals surface area (Å²) in [7, 11) is 0. The van der Waals surface area contributed by atoms with Gasteiger partial charge >= 0.3 is 5.97 Å². The Bertz CT molecular complexity index is 467. The maximum Gasteiger partial charge on any atom is 0.326 e. The fourth-order valence-electron chi connectivity index (χ4n) is 1.80. The summed E-state index contributed by atoms with van der Waals surface area (Å²) in [5.74, 6) is -0.453. The van der Waals surface area contributed by atoms with Gasteiger partial charge in [-0.3, -0.25) is 9.89 Å². The van der Waals surface area contributed by atoms with Crippen LogP contribution in [0.2, 0.25) is 0 Å². The van der Waals surface area contributed by atoms with Crippen molar-refractivity contribution >= 4 is 11.9 Å². The van der Waals surface area contributed by atoms with Crippen molar-refractivity contribution in [1.82, 2.24) is 20.5 Å². The molecule has 1 aromatic rings. The number of rotatable bonds is 7. The molecule has 1 atom stereocenters. The highest BCUT2D eigenvalue weighted by molar-refractivity contribution is 5.93. The number of hydrogen-bond acceptors (Lipinski definition) is 4. The van der Waals surface area contributed by atoms with Crippen molar-refractivity contribution < 1.29 is 14.7 Å². The molecule has 1 heterocycles. The fourth-order valence-corrected chi connectivity index (χ4v) is 1.80. The second-order valence-electron chi connectivity index (χ2n) is 4.83. The normalized spacial score (nSPS) is 16.1. The van der Waals surface area contributed by atoms with Crippen LogP contribution in [0.5, 0.6) is 0 Å². The summed E-state index contributed by atoms with van der Waals surface area (Å²) in [6, 6.07) is -0.879. The summed E-state index contributed by atoms with van der Waals surface area (Å²) < 4.78 is 0. The number of nitrogens with one attached hydrogen (secondary N) is 2. The van der Waals surface area contributed by atoms with E-state index in [9.17, 15) is 9.59 Å². The van der Waals surface area contributed by atoms with Crippen molar-refractivity contribution in [2.24, 2.45) is 0 Å². The summed E-state index contributed by atoms with van der Waals surface area (Å²) >= 11 is 0. The van der Waals surface area contributed by atoms with Crippen molar-refractivity contribution in [3.8, 4) is 0 Å². The summed E-state index contributed by atoms with van der Waals surface area (Å²) in [6.07, 6.45) is 4.16. The molecule has 2 rings (SSSR count). The number of hydrogen-bond donors (Lipinski definition) is 3. The zero-order valence-corrected chi connectivity index (χ0v) is 10.8. The van der Waals surface area contributed by atoms with Gasteiger partial charge in [0.25, 0.3) is 5.91 Å². The van der Waals surface area contributed by atoms with E-state index in [4.69, 9.17) is 5.11 Å². The van der Waals surface area contributed by atoms with Gasteiger partial charge in [0.1, 0.15) is 11.9 Å². The molecule has 7 heteroatoms. The number of carbonyl (C=O) groups excluding carboxylic acids is 1. The quantitative estimate of drug-likeness (QED) is 0.683. The van der Waals surface area contributed by atoms with Gasteiger partial charge < -0.3 is 10.4 Å². The van der Waals surface area contributed by atoms with Crippen LogP contribution in [-0.4, -0.2) is 38.2 Å². The zero-order valence-electron chi connectivity index (χ0n) is 10.8. The molecule has 1 unspecified atom stereocenters. The van der Waals surface area contributed by atoms with Crippen molar-refractivity contribution in [2.45, 2.75) is 51.0 Å². The second kappa shape index (κ2) is 5.81. The molecule has 0 bridgehead atoms. The largest absolute Gasteiger partial charge is 0.480 e. The van der Waals surface area contributed by atoms with E-state index in [-0.39, 0.29) is 5.82 Å². The maximum absolute atomic E-state index is 11.9. The summed E-state index contributed by atoms with van der Waals surface area (Å²) in [6.45, 7) is 1.97. The number of carbonyl (C=O) groups is 2. The molecule has 3 N–H and O–H groups in total. The number of aromatic amines is 1. The molecule has 1 fully saturated rings. The Balaban J connectivity index is 1.94. The maximum atomic E-state index is 11.9. The first kappa shape index (κ1) is 13.5. The number of nitrogens with zero attached hydrogens (tertiary/aromatic N) is 2. The SMILES string of the molecule is CCCCC(NC(=O)c1n[nH]c(C2CC2)n1)C(=O)O. The molecule has 0 aromatic carbocycles. The molecule has 0 radical (unpaired) electrons. The topological polar surface area (TPSA) is 108 Å². The van der Waals surface area contributed by atoms with Crippen molar-refractivity contribution in [2.75, 3.05) is 0 Å². The Morgan fingerprint density at radius 3 is 2.84 bits per heavy atom. The smallest absolute Gasteiger partial charge is 0.326 e. The van der Waals surface area contributed by atoms with Gasteiger partial charge in [-0.05, 0) is 19.3 Å². The summed E-state index contributed by atoms with van der Waals surface area (Å²) in [4.78, 5) is 27.0. The molecule has 1 aliphatic carbocycles. The number of unbranched alkanes of at least 4 members (excludes halogenated alkanes) is 1. The number of carboxylic acid groups (broad SMARTS) is 1.